The van der Waals surface area contributed by atoms with Gasteiger partial charge in [0.15, 0.2) is 12.6 Å². The molecule has 0 radical (unpaired) electrons. The monoisotopic (exact) mass is 458 g/mol. The van der Waals surface area contributed by atoms with E-state index in [1.165, 1.54) is 0 Å². The first-order chi connectivity index (χ1) is 15.1. The molecule has 0 aromatic heterocycles. The normalized spacial score (nSPS) is 41.6. The summed E-state index contributed by atoms with van der Waals surface area (Å²) in [6.45, 7) is -2.06. The largest absolute Gasteiger partial charge is 0.394 e. The van der Waals surface area contributed by atoms with Crippen molar-refractivity contribution in [1.82, 2.24) is 4.90 Å². The predicted octanol–water partition coefficient (Wildman–Crippen LogP) is -5.92. The lowest BCUT2D eigenvalue weighted by atomic mass is 9.99. The lowest BCUT2D eigenvalue weighted by Crippen LogP contribution is -2.59. The summed E-state index contributed by atoms with van der Waals surface area (Å²) in [5.74, 6) is 0. The average molecular weight is 458 g/mol. The number of hydrogen-bond acceptors (Lipinski definition) is 13. The smallest absolute Gasteiger partial charge is 0.209 e. The Balaban J connectivity index is 1.80. The highest BCUT2D eigenvalue weighted by atomic mass is 16.7. The fourth-order valence-electron chi connectivity index (χ4n) is 3.17. The first-order valence-electron chi connectivity index (χ1n) is 10.2. The summed E-state index contributed by atoms with van der Waals surface area (Å²) < 4.78 is 28.2. The summed E-state index contributed by atoms with van der Waals surface area (Å²) in [6, 6.07) is 0. The van der Waals surface area contributed by atoms with E-state index in [0.717, 1.165) is 4.90 Å². The van der Waals surface area contributed by atoms with Crippen LogP contribution in [0, 0.1) is 0 Å². The summed E-state index contributed by atoms with van der Waals surface area (Å²) in [7, 11) is 0. The van der Waals surface area contributed by atoms with Crippen LogP contribution in [0.2, 0.25) is 0 Å². The Morgan fingerprint density at radius 3 is 1.45 bits per heavy atom. The van der Waals surface area contributed by atoms with Crippen molar-refractivity contribution < 1.29 is 66.0 Å². The van der Waals surface area contributed by atoms with Gasteiger partial charge in [-0.3, -0.25) is 4.79 Å². The van der Waals surface area contributed by atoms with Crippen molar-refractivity contribution in [3.05, 3.63) is 0 Å². The predicted molar refractivity (Wildman–Crippen MR) is 97.1 cm³/mol. The van der Waals surface area contributed by atoms with Crippen LogP contribution < -0.4 is 0 Å². The lowest BCUT2D eigenvalue weighted by Gasteiger charge is -2.40. The van der Waals surface area contributed by atoms with Crippen LogP contribution in [0.1, 0.15) is 1.37 Å². The summed E-state index contributed by atoms with van der Waals surface area (Å²) >= 11 is 0. The third kappa shape index (κ3) is 6.50. The second kappa shape index (κ2) is 12.3. The maximum atomic E-state index is 11.5. The Labute approximate surface area is 179 Å². The Bertz CT molecular complexity index is 543. The second-order valence-corrected chi connectivity index (χ2v) is 7.21. The van der Waals surface area contributed by atoms with Crippen molar-refractivity contribution in [2.75, 3.05) is 39.5 Å². The van der Waals surface area contributed by atoms with Gasteiger partial charge in [0.25, 0.3) is 0 Å². The van der Waals surface area contributed by atoms with Gasteiger partial charge in [-0.05, 0) is 0 Å². The van der Waals surface area contributed by atoms with E-state index < -0.39 is 81.0 Å². The van der Waals surface area contributed by atoms with E-state index in [0.29, 0.717) is 0 Å². The standard InChI is InChI=1S/C17H31NO13/c19-5-8-10(22)12(24)14(26)16(30-8)28-3-1-18(7-21)2-4-29-17-15(27)13(25)11(23)9(6-20)31-17/h7-17,19-20,22-27H,1-6H2/t8-,9-,10-,11-,12+,13+,14-,15-,16-,17?/m1/s1/i7D. The third-order valence-electron chi connectivity index (χ3n) is 5.11. The summed E-state index contributed by atoms with van der Waals surface area (Å²) in [5.41, 5.74) is 0. The van der Waals surface area contributed by atoms with Gasteiger partial charge in [0.1, 0.15) is 50.2 Å². The molecule has 14 heteroatoms. The van der Waals surface area contributed by atoms with E-state index in [1.807, 2.05) is 0 Å². The number of aliphatic hydroxyl groups is 8. The minimum Gasteiger partial charge on any atom is -0.394 e. The fourth-order valence-corrected chi connectivity index (χ4v) is 3.17. The zero-order valence-electron chi connectivity index (χ0n) is 17.6. The van der Waals surface area contributed by atoms with Gasteiger partial charge in [-0.2, -0.15) is 0 Å². The lowest BCUT2D eigenvalue weighted by molar-refractivity contribution is -0.302. The number of nitrogens with zero attached hydrogens (tertiary/aromatic N) is 1. The molecule has 2 aliphatic heterocycles. The zero-order valence-corrected chi connectivity index (χ0v) is 16.6. The molecular formula is C17H31NO13. The molecule has 2 fully saturated rings. The van der Waals surface area contributed by atoms with Crippen molar-refractivity contribution in [2.24, 2.45) is 0 Å². The molecule has 182 valence electrons. The van der Waals surface area contributed by atoms with Crippen molar-refractivity contribution in [2.45, 2.75) is 61.4 Å². The summed E-state index contributed by atoms with van der Waals surface area (Å²) in [4.78, 5) is 12.5. The van der Waals surface area contributed by atoms with E-state index in [2.05, 4.69) is 0 Å². The van der Waals surface area contributed by atoms with Crippen LogP contribution in [-0.4, -0.2) is 153 Å². The molecule has 0 aliphatic carbocycles. The molecule has 0 aromatic carbocycles. The maximum Gasteiger partial charge on any atom is 0.209 e. The van der Waals surface area contributed by atoms with Crippen LogP contribution in [-0.2, 0) is 23.7 Å². The molecule has 0 bridgehead atoms. The Morgan fingerprint density at radius 1 is 0.742 bits per heavy atom. The van der Waals surface area contributed by atoms with Crippen LogP contribution in [0.5, 0.6) is 0 Å². The molecule has 10 atom stereocenters. The number of carbonyl (C=O) groups is 1. The van der Waals surface area contributed by atoms with Gasteiger partial charge in [-0.15, -0.1) is 0 Å². The van der Waals surface area contributed by atoms with Crippen LogP contribution in [0.25, 0.3) is 0 Å². The van der Waals surface area contributed by atoms with Gasteiger partial charge in [0.2, 0.25) is 6.39 Å². The van der Waals surface area contributed by atoms with E-state index >= 15 is 0 Å². The van der Waals surface area contributed by atoms with Crippen molar-refractivity contribution in [1.29, 1.82) is 0 Å². The molecule has 2 heterocycles. The number of carbonyl (C=O) groups excluding carboxylic acids is 1. The van der Waals surface area contributed by atoms with Crippen molar-refractivity contribution in [3.63, 3.8) is 0 Å². The highest BCUT2D eigenvalue weighted by Crippen LogP contribution is 2.23. The van der Waals surface area contributed by atoms with E-state index in [9.17, 15) is 35.4 Å². The molecular weight excluding hydrogens is 426 g/mol. The Kier molecular flexibility index (Phi) is 9.76. The molecule has 8 N–H and O–H groups in total. The summed E-state index contributed by atoms with van der Waals surface area (Å²) in [5, 5.41) is 77.1. The molecule has 2 aliphatic rings. The molecule has 0 aromatic rings. The van der Waals surface area contributed by atoms with E-state index in [-0.39, 0.29) is 26.3 Å². The molecule has 2 rings (SSSR count). The zero-order chi connectivity index (χ0) is 24.0. The van der Waals surface area contributed by atoms with Gasteiger partial charge in [0.05, 0.1) is 26.4 Å². The Hall–Kier alpha value is -1.01. The minimum atomic E-state index is -1.62. The molecule has 31 heavy (non-hydrogen) atoms. The third-order valence-corrected chi connectivity index (χ3v) is 5.11. The molecule has 0 spiro atoms. The highest BCUT2D eigenvalue weighted by Gasteiger charge is 2.45. The van der Waals surface area contributed by atoms with Gasteiger partial charge in [0, 0.05) is 13.1 Å². The van der Waals surface area contributed by atoms with Gasteiger partial charge in [-0.1, -0.05) is 0 Å². The number of aliphatic hydroxyl groups excluding tert-OH is 8. The maximum absolute atomic E-state index is 11.5. The van der Waals surface area contributed by atoms with Crippen LogP contribution in [0.4, 0.5) is 0 Å². The van der Waals surface area contributed by atoms with Crippen LogP contribution >= 0.6 is 0 Å². The first kappa shape index (κ1) is 24.6. The van der Waals surface area contributed by atoms with Gasteiger partial charge >= 0.3 is 0 Å². The van der Waals surface area contributed by atoms with E-state index in [4.69, 9.17) is 30.5 Å². The second-order valence-electron chi connectivity index (χ2n) is 7.21. The van der Waals surface area contributed by atoms with Gasteiger partial charge < -0.3 is 64.7 Å². The van der Waals surface area contributed by atoms with Crippen molar-refractivity contribution in [3.8, 4) is 0 Å². The van der Waals surface area contributed by atoms with Crippen LogP contribution in [0.15, 0.2) is 0 Å². The quantitative estimate of drug-likeness (QED) is 0.143. The highest BCUT2D eigenvalue weighted by molar-refractivity contribution is 5.46. The molecule has 2 saturated heterocycles. The SMILES string of the molecule is [2H]C(=O)N(CCOC1O[C@H](CO)[C@@H](O)[C@H](O)[C@H]1O)CCO[C@@H]1O[C@H](CO)[C@@H](O)[C@H](O)[C@H]1O. The summed E-state index contributed by atoms with van der Waals surface area (Å²) in [6.07, 6.45) is -15.7. The number of hydrogen-bond donors (Lipinski definition) is 8. The fraction of sp³-hybridized carbons (Fsp3) is 0.941. The van der Waals surface area contributed by atoms with Crippen molar-refractivity contribution >= 4 is 6.39 Å². The van der Waals surface area contributed by atoms with Gasteiger partial charge in [-0.25, -0.2) is 0 Å². The molecule has 14 nitrogen and oxygen atoms in total. The number of amides is 1. The van der Waals surface area contributed by atoms with E-state index in [1.54, 1.807) is 0 Å². The molecule has 0 saturated carbocycles. The first-order valence-corrected chi connectivity index (χ1v) is 9.72. The van der Waals surface area contributed by atoms with Crippen LogP contribution in [0.3, 0.4) is 0 Å². The molecule has 1 amide bonds. The molecule has 1 unspecified atom stereocenters. The average Bonchev–Trinajstić information content (AvgIpc) is 2.77. The number of ether oxygens (including phenoxy) is 4. The Morgan fingerprint density at radius 2 is 1.13 bits per heavy atom. The minimum absolute atomic E-state index is 0.157. The number of rotatable bonds is 10. The topological polar surface area (TPSA) is 219 Å².